The molecule has 0 radical (unpaired) electrons. The van der Waals surface area contributed by atoms with Crippen LogP contribution in [-0.4, -0.2) is 24.0 Å². The molecular formula is C16H25FN2. The maximum Gasteiger partial charge on any atom is 0.123 e. The molecule has 0 saturated carbocycles. The minimum Gasteiger partial charge on any atom is -0.329 e. The molecule has 1 aromatic rings. The van der Waals surface area contributed by atoms with E-state index in [9.17, 15) is 4.39 Å². The Hall–Kier alpha value is -0.930. The van der Waals surface area contributed by atoms with Crippen LogP contribution in [0.25, 0.3) is 0 Å². The first kappa shape index (κ1) is 14.5. The lowest BCUT2D eigenvalue weighted by Crippen LogP contribution is -2.40. The van der Waals surface area contributed by atoms with E-state index < -0.39 is 0 Å². The number of hydrogen-bond donors (Lipinski definition) is 1. The van der Waals surface area contributed by atoms with E-state index in [1.54, 1.807) is 12.1 Å². The van der Waals surface area contributed by atoms with Crippen molar-refractivity contribution in [3.63, 3.8) is 0 Å². The van der Waals surface area contributed by atoms with Crippen molar-refractivity contribution in [3.05, 3.63) is 35.1 Å². The number of aryl methyl sites for hydroxylation is 1. The summed E-state index contributed by atoms with van der Waals surface area (Å²) in [4.78, 5) is 2.51. The molecule has 0 aromatic heterocycles. The lowest BCUT2D eigenvalue weighted by atomic mass is 9.98. The molecule has 0 amide bonds. The zero-order valence-corrected chi connectivity index (χ0v) is 12.0. The SMILES string of the molecule is Cc1cc(F)ccc1C(CN)N1CCCCCC1C. The molecule has 2 nitrogen and oxygen atoms in total. The minimum atomic E-state index is -0.166. The zero-order chi connectivity index (χ0) is 13.8. The largest absolute Gasteiger partial charge is 0.329 e. The van der Waals surface area contributed by atoms with Gasteiger partial charge < -0.3 is 5.73 Å². The summed E-state index contributed by atoms with van der Waals surface area (Å²) in [6.07, 6.45) is 5.08. The van der Waals surface area contributed by atoms with E-state index in [1.165, 1.54) is 31.2 Å². The number of rotatable bonds is 3. The summed E-state index contributed by atoms with van der Waals surface area (Å²) in [7, 11) is 0. The van der Waals surface area contributed by atoms with E-state index in [4.69, 9.17) is 5.73 Å². The second kappa shape index (κ2) is 6.49. The molecule has 1 heterocycles. The van der Waals surface area contributed by atoms with Crippen molar-refractivity contribution in [2.45, 2.75) is 51.6 Å². The Kier molecular flexibility index (Phi) is 4.94. The van der Waals surface area contributed by atoms with Crippen LogP contribution in [0.15, 0.2) is 18.2 Å². The maximum atomic E-state index is 13.3. The first-order valence-electron chi connectivity index (χ1n) is 7.35. The van der Waals surface area contributed by atoms with Crippen LogP contribution in [0.1, 0.15) is 49.8 Å². The lowest BCUT2D eigenvalue weighted by Gasteiger charge is -2.35. The van der Waals surface area contributed by atoms with Crippen molar-refractivity contribution >= 4 is 0 Å². The highest BCUT2D eigenvalue weighted by molar-refractivity contribution is 5.30. The molecule has 2 N–H and O–H groups in total. The van der Waals surface area contributed by atoms with Crippen LogP contribution in [0.5, 0.6) is 0 Å². The van der Waals surface area contributed by atoms with Gasteiger partial charge in [-0.2, -0.15) is 0 Å². The van der Waals surface area contributed by atoms with Gasteiger partial charge in [0.15, 0.2) is 0 Å². The number of likely N-dealkylation sites (tertiary alicyclic amines) is 1. The summed E-state index contributed by atoms with van der Waals surface area (Å²) in [5.41, 5.74) is 8.21. The molecule has 2 atom stereocenters. The molecule has 2 rings (SSSR count). The van der Waals surface area contributed by atoms with E-state index >= 15 is 0 Å². The van der Waals surface area contributed by atoms with Gasteiger partial charge in [0, 0.05) is 18.6 Å². The van der Waals surface area contributed by atoms with E-state index in [2.05, 4.69) is 11.8 Å². The average Bonchev–Trinajstić information content (AvgIpc) is 2.58. The quantitative estimate of drug-likeness (QED) is 0.906. The van der Waals surface area contributed by atoms with Gasteiger partial charge in [-0.05, 0) is 56.5 Å². The molecule has 1 aromatic carbocycles. The van der Waals surface area contributed by atoms with Crippen LogP contribution in [0.2, 0.25) is 0 Å². The number of hydrogen-bond acceptors (Lipinski definition) is 2. The van der Waals surface area contributed by atoms with Crippen LogP contribution in [0.3, 0.4) is 0 Å². The van der Waals surface area contributed by atoms with E-state index in [0.717, 1.165) is 12.1 Å². The lowest BCUT2D eigenvalue weighted by molar-refractivity contribution is 0.150. The number of nitrogens with two attached hydrogens (primary N) is 1. The molecule has 0 spiro atoms. The first-order chi connectivity index (χ1) is 9.13. The summed E-state index contributed by atoms with van der Waals surface area (Å²) in [5, 5.41) is 0. The Labute approximate surface area is 115 Å². The van der Waals surface area contributed by atoms with Gasteiger partial charge in [-0.1, -0.05) is 18.9 Å². The molecule has 1 saturated heterocycles. The maximum absolute atomic E-state index is 13.3. The normalized spacial score (nSPS) is 23.1. The van der Waals surface area contributed by atoms with Gasteiger partial charge in [-0.15, -0.1) is 0 Å². The Bertz CT molecular complexity index is 419. The van der Waals surface area contributed by atoms with Crippen LogP contribution >= 0.6 is 0 Å². The Morgan fingerprint density at radius 1 is 1.37 bits per heavy atom. The van der Waals surface area contributed by atoms with Gasteiger partial charge in [0.05, 0.1) is 0 Å². The van der Waals surface area contributed by atoms with E-state index in [0.29, 0.717) is 12.6 Å². The van der Waals surface area contributed by atoms with Gasteiger partial charge in [0.1, 0.15) is 5.82 Å². The molecule has 0 bridgehead atoms. The predicted molar refractivity (Wildman–Crippen MR) is 77.6 cm³/mol. The monoisotopic (exact) mass is 264 g/mol. The molecule has 19 heavy (non-hydrogen) atoms. The standard InChI is InChI=1S/C16H25FN2/c1-12-10-14(17)7-8-15(12)16(11-18)19-9-5-3-4-6-13(19)2/h7-8,10,13,16H,3-6,9,11,18H2,1-2H3. The third-order valence-electron chi connectivity index (χ3n) is 4.32. The zero-order valence-electron chi connectivity index (χ0n) is 12.0. The second-order valence-electron chi connectivity index (χ2n) is 5.69. The Morgan fingerprint density at radius 3 is 2.84 bits per heavy atom. The molecule has 0 aliphatic carbocycles. The van der Waals surface area contributed by atoms with E-state index in [1.807, 2.05) is 13.0 Å². The minimum absolute atomic E-state index is 0.166. The third kappa shape index (κ3) is 3.34. The molecule has 1 fully saturated rings. The fourth-order valence-electron chi connectivity index (χ4n) is 3.21. The molecule has 1 aliphatic rings. The van der Waals surface area contributed by atoms with Gasteiger partial charge in [-0.3, -0.25) is 4.90 Å². The molecule has 2 unspecified atom stereocenters. The average molecular weight is 264 g/mol. The van der Waals surface area contributed by atoms with Crippen molar-refractivity contribution < 1.29 is 4.39 Å². The fraction of sp³-hybridized carbons (Fsp3) is 0.625. The summed E-state index contributed by atoms with van der Waals surface area (Å²) >= 11 is 0. The van der Waals surface area contributed by atoms with Crippen molar-refractivity contribution in [1.82, 2.24) is 4.90 Å². The summed E-state index contributed by atoms with van der Waals surface area (Å²) in [6.45, 7) is 5.95. The van der Waals surface area contributed by atoms with Crippen LogP contribution in [-0.2, 0) is 0 Å². The number of halogens is 1. The third-order valence-corrected chi connectivity index (χ3v) is 4.32. The Morgan fingerprint density at radius 2 is 2.16 bits per heavy atom. The number of nitrogens with zero attached hydrogens (tertiary/aromatic N) is 1. The molecular weight excluding hydrogens is 239 g/mol. The summed E-state index contributed by atoms with van der Waals surface area (Å²) < 4.78 is 13.3. The van der Waals surface area contributed by atoms with Crippen molar-refractivity contribution in [3.8, 4) is 0 Å². The van der Waals surface area contributed by atoms with Gasteiger partial charge in [0.25, 0.3) is 0 Å². The highest BCUT2D eigenvalue weighted by Crippen LogP contribution is 2.29. The van der Waals surface area contributed by atoms with Crippen molar-refractivity contribution in [1.29, 1.82) is 0 Å². The predicted octanol–water partition coefficient (Wildman–Crippen LogP) is 3.40. The molecule has 3 heteroatoms. The van der Waals surface area contributed by atoms with Crippen molar-refractivity contribution in [2.75, 3.05) is 13.1 Å². The molecule has 1 aliphatic heterocycles. The smallest absolute Gasteiger partial charge is 0.123 e. The first-order valence-corrected chi connectivity index (χ1v) is 7.35. The van der Waals surface area contributed by atoms with Crippen LogP contribution in [0, 0.1) is 12.7 Å². The Balaban J connectivity index is 2.27. The summed E-state index contributed by atoms with van der Waals surface area (Å²) in [6, 6.07) is 5.84. The second-order valence-corrected chi connectivity index (χ2v) is 5.69. The molecule has 106 valence electrons. The fourth-order valence-corrected chi connectivity index (χ4v) is 3.21. The van der Waals surface area contributed by atoms with Crippen LogP contribution < -0.4 is 5.73 Å². The highest BCUT2D eigenvalue weighted by atomic mass is 19.1. The van der Waals surface area contributed by atoms with E-state index in [-0.39, 0.29) is 11.9 Å². The van der Waals surface area contributed by atoms with Gasteiger partial charge >= 0.3 is 0 Å². The van der Waals surface area contributed by atoms with Gasteiger partial charge in [-0.25, -0.2) is 4.39 Å². The van der Waals surface area contributed by atoms with Crippen LogP contribution in [0.4, 0.5) is 4.39 Å². The summed E-state index contributed by atoms with van der Waals surface area (Å²) in [5.74, 6) is -0.166. The highest BCUT2D eigenvalue weighted by Gasteiger charge is 2.26. The van der Waals surface area contributed by atoms with Gasteiger partial charge in [0.2, 0.25) is 0 Å². The van der Waals surface area contributed by atoms with Crippen molar-refractivity contribution in [2.24, 2.45) is 5.73 Å². The topological polar surface area (TPSA) is 29.3 Å². The number of benzene rings is 1.